The number of rotatable bonds is 11. The average molecular weight is 280 g/mol. The van der Waals surface area contributed by atoms with Crippen LogP contribution in [0.1, 0.15) is 25.5 Å². The normalized spacial score (nSPS) is 12.8. The molecule has 0 bridgehead atoms. The fourth-order valence-corrected chi connectivity index (χ4v) is 2.35. The number of likely N-dealkylation sites (N-methyl/N-ethyl adjacent to an activating group) is 1. The highest BCUT2D eigenvalue weighted by Gasteiger charge is 2.16. The molecule has 1 aromatic carbocycles. The monoisotopic (exact) mass is 280 g/mol. The number of aliphatic hydroxyl groups excluding tert-OH is 1. The van der Waals surface area contributed by atoms with Crippen molar-refractivity contribution in [2.24, 2.45) is 0 Å². The van der Waals surface area contributed by atoms with E-state index in [0.29, 0.717) is 19.3 Å². The minimum atomic E-state index is 0.0894. The first-order valence-electron chi connectivity index (χ1n) is 7.51. The van der Waals surface area contributed by atoms with Gasteiger partial charge in [0.1, 0.15) is 0 Å². The van der Waals surface area contributed by atoms with Gasteiger partial charge in [-0.05, 0) is 18.7 Å². The van der Waals surface area contributed by atoms with Crippen LogP contribution in [-0.4, -0.2) is 56.0 Å². The van der Waals surface area contributed by atoms with Crippen LogP contribution < -0.4 is 5.32 Å². The van der Waals surface area contributed by atoms with E-state index in [0.717, 1.165) is 26.2 Å². The molecule has 2 N–H and O–H groups in total. The van der Waals surface area contributed by atoms with Gasteiger partial charge < -0.3 is 15.2 Å². The van der Waals surface area contributed by atoms with Crippen molar-refractivity contribution in [1.82, 2.24) is 10.2 Å². The third-order valence-electron chi connectivity index (χ3n) is 3.43. The highest BCUT2D eigenvalue weighted by atomic mass is 16.5. The molecule has 4 nitrogen and oxygen atoms in total. The van der Waals surface area contributed by atoms with Crippen LogP contribution in [0.25, 0.3) is 0 Å². The number of benzene rings is 1. The molecule has 0 saturated heterocycles. The van der Waals surface area contributed by atoms with Gasteiger partial charge in [-0.15, -0.1) is 0 Å². The Balaban J connectivity index is 2.47. The lowest BCUT2D eigenvalue weighted by Gasteiger charge is -2.30. The van der Waals surface area contributed by atoms with Crippen molar-refractivity contribution in [2.45, 2.75) is 19.9 Å². The first-order valence-corrected chi connectivity index (χ1v) is 7.51. The molecule has 1 atom stereocenters. The molecule has 0 spiro atoms. The van der Waals surface area contributed by atoms with Crippen molar-refractivity contribution < 1.29 is 9.84 Å². The van der Waals surface area contributed by atoms with E-state index in [1.54, 1.807) is 0 Å². The summed E-state index contributed by atoms with van der Waals surface area (Å²) in [5, 5.41) is 12.1. The van der Waals surface area contributed by atoms with Gasteiger partial charge in [-0.3, -0.25) is 4.90 Å². The second-order valence-corrected chi connectivity index (χ2v) is 4.69. The molecular weight excluding hydrogens is 252 g/mol. The third-order valence-corrected chi connectivity index (χ3v) is 3.43. The highest BCUT2D eigenvalue weighted by molar-refractivity contribution is 5.19. The Hall–Kier alpha value is -0.940. The Morgan fingerprint density at radius 1 is 1.15 bits per heavy atom. The third kappa shape index (κ3) is 6.01. The number of aliphatic hydroxyl groups is 1. The van der Waals surface area contributed by atoms with Gasteiger partial charge in [0.25, 0.3) is 0 Å². The molecule has 0 aliphatic carbocycles. The maximum atomic E-state index is 8.64. The van der Waals surface area contributed by atoms with Gasteiger partial charge in [-0.1, -0.05) is 44.2 Å². The zero-order valence-electron chi connectivity index (χ0n) is 12.7. The largest absolute Gasteiger partial charge is 0.394 e. The molecule has 0 aliphatic heterocycles. The summed E-state index contributed by atoms with van der Waals surface area (Å²) < 4.78 is 5.26. The van der Waals surface area contributed by atoms with Gasteiger partial charge in [-0.2, -0.15) is 0 Å². The molecule has 4 heteroatoms. The van der Waals surface area contributed by atoms with Crippen LogP contribution in [0.5, 0.6) is 0 Å². The van der Waals surface area contributed by atoms with Crippen LogP contribution in [0, 0.1) is 0 Å². The number of nitrogens with one attached hydrogen (secondary N) is 1. The number of ether oxygens (including phenoxy) is 1. The van der Waals surface area contributed by atoms with E-state index >= 15 is 0 Å². The summed E-state index contributed by atoms with van der Waals surface area (Å²) >= 11 is 0. The van der Waals surface area contributed by atoms with Crippen LogP contribution in [-0.2, 0) is 4.74 Å². The van der Waals surface area contributed by atoms with Gasteiger partial charge in [0, 0.05) is 19.1 Å². The molecule has 1 aromatic rings. The topological polar surface area (TPSA) is 44.7 Å². The van der Waals surface area contributed by atoms with Crippen LogP contribution in [0.4, 0.5) is 0 Å². The summed E-state index contributed by atoms with van der Waals surface area (Å²) in [6, 6.07) is 11.0. The number of nitrogens with zero attached hydrogens (tertiary/aromatic N) is 1. The van der Waals surface area contributed by atoms with E-state index in [2.05, 4.69) is 54.4 Å². The maximum absolute atomic E-state index is 8.64. The lowest BCUT2D eigenvalue weighted by atomic mass is 10.1. The molecule has 0 heterocycles. The van der Waals surface area contributed by atoms with Gasteiger partial charge >= 0.3 is 0 Å². The van der Waals surface area contributed by atoms with E-state index in [1.807, 2.05) is 0 Å². The van der Waals surface area contributed by atoms with Gasteiger partial charge in [-0.25, -0.2) is 0 Å². The zero-order valence-corrected chi connectivity index (χ0v) is 12.7. The summed E-state index contributed by atoms with van der Waals surface area (Å²) in [4.78, 5) is 2.46. The predicted molar refractivity (Wildman–Crippen MR) is 82.9 cm³/mol. The molecule has 1 unspecified atom stereocenters. The molecule has 0 fully saturated rings. The molecule has 0 amide bonds. The molecule has 0 radical (unpaired) electrons. The molecule has 0 aromatic heterocycles. The van der Waals surface area contributed by atoms with Gasteiger partial charge in [0.15, 0.2) is 0 Å². The second kappa shape index (κ2) is 10.8. The summed E-state index contributed by atoms with van der Waals surface area (Å²) in [7, 11) is 0. The fourth-order valence-electron chi connectivity index (χ4n) is 2.35. The van der Waals surface area contributed by atoms with Crippen molar-refractivity contribution in [3.8, 4) is 0 Å². The van der Waals surface area contributed by atoms with Crippen LogP contribution >= 0.6 is 0 Å². The highest BCUT2D eigenvalue weighted by Crippen LogP contribution is 2.19. The molecular formula is C16H28N2O2. The van der Waals surface area contributed by atoms with Gasteiger partial charge in [0.05, 0.1) is 19.8 Å². The van der Waals surface area contributed by atoms with E-state index in [1.165, 1.54) is 5.56 Å². The molecule has 1 rings (SSSR count). The van der Waals surface area contributed by atoms with Crippen molar-refractivity contribution in [1.29, 1.82) is 0 Å². The van der Waals surface area contributed by atoms with Gasteiger partial charge in [0.2, 0.25) is 0 Å². The van der Waals surface area contributed by atoms with E-state index in [9.17, 15) is 0 Å². The van der Waals surface area contributed by atoms with Crippen LogP contribution in [0.2, 0.25) is 0 Å². The number of hydrogen-bond donors (Lipinski definition) is 2. The second-order valence-electron chi connectivity index (χ2n) is 4.69. The Kier molecular flexibility index (Phi) is 9.24. The maximum Gasteiger partial charge on any atom is 0.0698 e. The Morgan fingerprint density at radius 2 is 1.85 bits per heavy atom. The smallest absolute Gasteiger partial charge is 0.0698 e. The summed E-state index contributed by atoms with van der Waals surface area (Å²) in [5.74, 6) is 0. The summed E-state index contributed by atoms with van der Waals surface area (Å²) in [5.41, 5.74) is 1.35. The Bertz CT molecular complexity index is 329. The molecule has 20 heavy (non-hydrogen) atoms. The molecule has 114 valence electrons. The quantitative estimate of drug-likeness (QED) is 0.605. The molecule has 0 saturated carbocycles. The summed E-state index contributed by atoms with van der Waals surface area (Å²) in [6.07, 6.45) is 0. The first kappa shape index (κ1) is 17.1. The standard InChI is InChI=1S/C16H28N2O2/c1-3-18(4-2)16(15-8-6-5-7-9-15)14-17-10-12-20-13-11-19/h5-9,16-17,19H,3-4,10-14H2,1-2H3. The van der Waals surface area contributed by atoms with Crippen molar-refractivity contribution >= 4 is 0 Å². The lowest BCUT2D eigenvalue weighted by molar-refractivity contribution is 0.0925. The lowest BCUT2D eigenvalue weighted by Crippen LogP contribution is -2.36. The number of hydrogen-bond acceptors (Lipinski definition) is 4. The minimum Gasteiger partial charge on any atom is -0.394 e. The fraction of sp³-hybridized carbons (Fsp3) is 0.625. The Labute approximate surface area is 122 Å². The van der Waals surface area contributed by atoms with Crippen molar-refractivity contribution in [3.05, 3.63) is 35.9 Å². The minimum absolute atomic E-state index is 0.0894. The molecule has 0 aliphatic rings. The van der Waals surface area contributed by atoms with E-state index in [4.69, 9.17) is 9.84 Å². The average Bonchev–Trinajstić information content (AvgIpc) is 2.50. The predicted octanol–water partition coefficient (Wildman–Crippen LogP) is 1.67. The zero-order chi connectivity index (χ0) is 14.6. The summed E-state index contributed by atoms with van der Waals surface area (Å²) in [6.45, 7) is 9.34. The van der Waals surface area contributed by atoms with Crippen LogP contribution in [0.3, 0.4) is 0 Å². The van der Waals surface area contributed by atoms with Crippen molar-refractivity contribution in [3.63, 3.8) is 0 Å². The van der Waals surface area contributed by atoms with Crippen molar-refractivity contribution in [2.75, 3.05) is 46.0 Å². The SMILES string of the molecule is CCN(CC)C(CNCCOCCO)c1ccccc1. The Morgan fingerprint density at radius 3 is 2.45 bits per heavy atom. The first-order chi connectivity index (χ1) is 9.83. The van der Waals surface area contributed by atoms with E-state index < -0.39 is 0 Å². The van der Waals surface area contributed by atoms with E-state index in [-0.39, 0.29) is 6.61 Å². The van der Waals surface area contributed by atoms with Crippen LogP contribution in [0.15, 0.2) is 30.3 Å².